The van der Waals surface area contributed by atoms with Gasteiger partial charge in [-0.15, -0.1) is 0 Å². The number of rotatable bonds is 4. The molecule has 3 rings (SSSR count). The van der Waals surface area contributed by atoms with E-state index in [2.05, 4.69) is 10.3 Å². The Hall–Kier alpha value is -3.26. The van der Waals surface area contributed by atoms with Gasteiger partial charge < -0.3 is 5.32 Å². The highest BCUT2D eigenvalue weighted by atomic mass is 35.5. The maximum Gasteiger partial charge on any atom is 0.271 e. The van der Waals surface area contributed by atoms with Crippen molar-refractivity contribution in [2.24, 2.45) is 0 Å². The minimum absolute atomic E-state index is 0.155. The summed E-state index contributed by atoms with van der Waals surface area (Å²) in [5.41, 5.74) is 0.143. The molecule has 1 aromatic heterocycles. The summed E-state index contributed by atoms with van der Waals surface area (Å²) in [7, 11) is 0. The Bertz CT molecular complexity index is 1030. The monoisotopic (exact) mass is 358 g/mol. The fourth-order valence-electron chi connectivity index (χ4n) is 2.26. The van der Waals surface area contributed by atoms with Gasteiger partial charge in [-0.25, -0.2) is 4.98 Å². The molecule has 0 radical (unpaired) electrons. The van der Waals surface area contributed by atoms with Crippen molar-refractivity contribution in [3.8, 4) is 0 Å². The number of nitro benzene ring substituents is 1. The Kier molecular flexibility index (Phi) is 4.44. The summed E-state index contributed by atoms with van der Waals surface area (Å²) in [5.74, 6) is -0.410. The summed E-state index contributed by atoms with van der Waals surface area (Å²) in [6.07, 6.45) is 1.19. The normalized spacial score (nSPS) is 10.6. The number of hydrogen-bond acceptors (Lipinski definition) is 5. The first-order valence-corrected chi connectivity index (χ1v) is 7.51. The topological polar surface area (TPSA) is 107 Å². The van der Waals surface area contributed by atoms with Crippen molar-refractivity contribution in [1.29, 1.82) is 0 Å². The number of benzene rings is 2. The van der Waals surface area contributed by atoms with Crippen molar-refractivity contribution >= 4 is 39.8 Å². The minimum atomic E-state index is -0.563. The zero-order valence-corrected chi connectivity index (χ0v) is 13.4. The number of fused-ring (bicyclic) bond motifs is 1. The average Bonchev–Trinajstić information content (AvgIpc) is 2.59. The van der Waals surface area contributed by atoms with Crippen LogP contribution >= 0.6 is 11.6 Å². The van der Waals surface area contributed by atoms with Crippen molar-refractivity contribution < 1.29 is 9.72 Å². The number of carbonyl (C=O) groups excluding carboxylic acids is 1. The number of aromatic nitrogens is 2. The number of nitrogens with one attached hydrogen (secondary N) is 1. The van der Waals surface area contributed by atoms with E-state index in [9.17, 15) is 19.7 Å². The second-order valence-electron chi connectivity index (χ2n) is 5.19. The van der Waals surface area contributed by atoms with Crippen molar-refractivity contribution in [2.75, 3.05) is 5.32 Å². The van der Waals surface area contributed by atoms with Gasteiger partial charge in [0.1, 0.15) is 6.54 Å². The fourth-order valence-corrected chi connectivity index (χ4v) is 2.39. The van der Waals surface area contributed by atoms with Crippen LogP contribution in [0.25, 0.3) is 10.9 Å². The molecule has 0 fully saturated rings. The average molecular weight is 359 g/mol. The number of hydrogen-bond donors (Lipinski definition) is 1. The van der Waals surface area contributed by atoms with Crippen molar-refractivity contribution in [1.82, 2.24) is 9.55 Å². The zero-order valence-electron chi connectivity index (χ0n) is 12.7. The third kappa shape index (κ3) is 3.64. The highest BCUT2D eigenvalue weighted by molar-refractivity contribution is 6.30. The number of amides is 1. The molecule has 2 aromatic carbocycles. The molecule has 0 saturated carbocycles. The summed E-state index contributed by atoms with van der Waals surface area (Å²) in [4.78, 5) is 38.7. The second-order valence-corrected chi connectivity index (χ2v) is 5.63. The number of anilines is 1. The van der Waals surface area contributed by atoms with Gasteiger partial charge >= 0.3 is 0 Å². The molecule has 126 valence electrons. The van der Waals surface area contributed by atoms with Gasteiger partial charge in [0.05, 0.1) is 22.2 Å². The minimum Gasteiger partial charge on any atom is -0.325 e. The molecule has 0 aliphatic heterocycles. The quantitative estimate of drug-likeness (QED) is 0.569. The van der Waals surface area contributed by atoms with Crippen molar-refractivity contribution in [3.05, 3.63) is 74.3 Å². The van der Waals surface area contributed by atoms with E-state index >= 15 is 0 Å². The standard InChI is InChI=1S/C16H11ClN4O4/c17-10-1-3-11(4-2-10)19-15(22)8-20-9-18-14-7-12(21(24)25)5-6-13(14)16(20)23/h1-7,9H,8H2,(H,19,22). The molecule has 8 nitrogen and oxygen atoms in total. The van der Waals surface area contributed by atoms with Crippen molar-refractivity contribution in [3.63, 3.8) is 0 Å². The molecule has 0 unspecified atom stereocenters. The molecule has 3 aromatic rings. The molecule has 9 heteroatoms. The molecule has 0 atom stereocenters. The smallest absolute Gasteiger partial charge is 0.271 e. The molecule has 1 N–H and O–H groups in total. The SMILES string of the molecule is O=C(Cn1cnc2cc([N+](=O)[O-])ccc2c1=O)Nc1ccc(Cl)cc1. The van der Waals surface area contributed by atoms with Gasteiger partial charge in [-0.3, -0.25) is 24.3 Å². The van der Waals surface area contributed by atoms with Crippen molar-refractivity contribution in [2.45, 2.75) is 6.54 Å². The molecular weight excluding hydrogens is 348 g/mol. The summed E-state index contributed by atoms with van der Waals surface area (Å²) >= 11 is 5.78. The van der Waals surface area contributed by atoms with Gasteiger partial charge in [0.2, 0.25) is 5.91 Å². The van der Waals surface area contributed by atoms with Gasteiger partial charge in [-0.05, 0) is 30.3 Å². The highest BCUT2D eigenvalue weighted by Crippen LogP contribution is 2.16. The van der Waals surface area contributed by atoms with E-state index in [0.717, 1.165) is 4.57 Å². The molecule has 1 heterocycles. The van der Waals surface area contributed by atoms with Gasteiger partial charge in [0, 0.05) is 22.8 Å². The zero-order chi connectivity index (χ0) is 18.0. The number of non-ortho nitro benzene ring substituents is 1. The highest BCUT2D eigenvalue weighted by Gasteiger charge is 2.12. The lowest BCUT2D eigenvalue weighted by Crippen LogP contribution is -2.27. The van der Waals surface area contributed by atoms with E-state index < -0.39 is 16.4 Å². The van der Waals surface area contributed by atoms with E-state index in [4.69, 9.17) is 11.6 Å². The predicted molar refractivity (Wildman–Crippen MR) is 92.7 cm³/mol. The van der Waals surface area contributed by atoms with Crippen LogP contribution in [0.2, 0.25) is 5.02 Å². The largest absolute Gasteiger partial charge is 0.325 e. The molecule has 25 heavy (non-hydrogen) atoms. The lowest BCUT2D eigenvalue weighted by molar-refractivity contribution is -0.384. The molecule has 0 bridgehead atoms. The van der Waals surface area contributed by atoms with Gasteiger partial charge in [0.25, 0.3) is 11.2 Å². The van der Waals surface area contributed by atoms with Gasteiger partial charge in [0.15, 0.2) is 0 Å². The van der Waals surface area contributed by atoms with E-state index in [1.54, 1.807) is 24.3 Å². The molecule has 0 aliphatic rings. The maximum atomic E-state index is 12.4. The number of nitro groups is 1. The molecule has 0 spiro atoms. The molecule has 1 amide bonds. The number of carbonyl (C=O) groups is 1. The van der Waals surface area contributed by atoms with Crippen LogP contribution in [0.3, 0.4) is 0 Å². The van der Waals surface area contributed by atoms with E-state index in [1.807, 2.05) is 0 Å². The Morgan fingerprint density at radius 1 is 1.24 bits per heavy atom. The Morgan fingerprint density at radius 3 is 2.64 bits per heavy atom. The number of nitrogens with zero attached hydrogens (tertiary/aromatic N) is 3. The van der Waals surface area contributed by atoms with Crippen LogP contribution in [0, 0.1) is 10.1 Å². The van der Waals surface area contributed by atoms with Crippen LogP contribution in [0.4, 0.5) is 11.4 Å². The first-order chi connectivity index (χ1) is 11.9. The Balaban J connectivity index is 1.83. The van der Waals surface area contributed by atoms with Gasteiger partial charge in [-0.2, -0.15) is 0 Å². The predicted octanol–water partition coefficient (Wildman–Crippen LogP) is 2.60. The second kappa shape index (κ2) is 6.70. The summed E-state index contributed by atoms with van der Waals surface area (Å²) in [6.45, 7) is -0.235. The van der Waals surface area contributed by atoms with Crippen LogP contribution in [-0.2, 0) is 11.3 Å². The molecule has 0 saturated heterocycles. The van der Waals surface area contributed by atoms with E-state index in [-0.39, 0.29) is 23.1 Å². The Labute approximate surface area is 145 Å². The summed E-state index contributed by atoms with van der Waals surface area (Å²) < 4.78 is 1.14. The fraction of sp³-hybridized carbons (Fsp3) is 0.0625. The third-order valence-electron chi connectivity index (χ3n) is 3.46. The summed E-state index contributed by atoms with van der Waals surface area (Å²) in [6, 6.07) is 10.3. The Morgan fingerprint density at radius 2 is 1.96 bits per heavy atom. The first kappa shape index (κ1) is 16.6. The third-order valence-corrected chi connectivity index (χ3v) is 3.71. The van der Waals surface area contributed by atoms with Crippen LogP contribution in [0.1, 0.15) is 0 Å². The number of halogens is 1. The van der Waals surface area contributed by atoms with Gasteiger partial charge in [-0.1, -0.05) is 11.6 Å². The lowest BCUT2D eigenvalue weighted by atomic mass is 10.2. The van der Waals surface area contributed by atoms with Crippen LogP contribution < -0.4 is 10.9 Å². The maximum absolute atomic E-state index is 12.4. The molecular formula is C16H11ClN4O4. The van der Waals surface area contributed by atoms with E-state index in [1.165, 1.54) is 24.5 Å². The first-order valence-electron chi connectivity index (χ1n) is 7.13. The molecule has 0 aliphatic carbocycles. The van der Waals surface area contributed by atoms with E-state index in [0.29, 0.717) is 10.7 Å². The van der Waals surface area contributed by atoms with Crippen LogP contribution in [-0.4, -0.2) is 20.4 Å². The van der Waals surface area contributed by atoms with Crippen LogP contribution in [0.15, 0.2) is 53.6 Å². The summed E-state index contributed by atoms with van der Waals surface area (Å²) in [5, 5.41) is 14.2. The van der Waals surface area contributed by atoms with Crippen LogP contribution in [0.5, 0.6) is 0 Å². The lowest BCUT2D eigenvalue weighted by Gasteiger charge is -2.08.